The largest absolute Gasteiger partial charge is 0.334 e. The quantitative estimate of drug-likeness (QED) is 0.0672. The van der Waals surface area contributed by atoms with Crippen molar-refractivity contribution in [1.82, 2.24) is 9.13 Å². The van der Waals surface area contributed by atoms with Gasteiger partial charge in [-0.3, -0.25) is 0 Å². The third-order valence-corrected chi connectivity index (χ3v) is 26.7. The second kappa shape index (κ2) is 34.1. The maximum absolute atomic E-state index is 2.52. The van der Waals surface area contributed by atoms with Crippen molar-refractivity contribution in [3.05, 3.63) is 491 Å². The van der Waals surface area contributed by atoms with E-state index in [0.29, 0.717) is 5.92 Å². The molecule has 3 aromatic heterocycles. The highest BCUT2D eigenvalue weighted by molar-refractivity contribution is 7.25. The number of fused-ring (bicyclic) bond motifs is 9. The van der Waals surface area contributed by atoms with E-state index in [2.05, 4.69) is 537 Å². The monoisotopic (exact) mass is 1690 g/mol. The molecule has 0 aliphatic heterocycles. The van der Waals surface area contributed by atoms with Crippen LogP contribution < -0.4 is 29.4 Å². The molecule has 2 atom stereocenters. The summed E-state index contributed by atoms with van der Waals surface area (Å²) in [6.45, 7) is 2.29. The van der Waals surface area contributed by atoms with Crippen LogP contribution in [0.5, 0.6) is 0 Å². The topological polar surface area (TPSA) is 29.3 Å². The number of benzene rings is 18. The number of thiophene rings is 1. The Bertz CT molecular complexity index is 7840. The Morgan fingerprint density at radius 2 is 0.623 bits per heavy atom. The van der Waals surface area contributed by atoms with Crippen LogP contribution in [0.4, 0.5) is 96.7 Å². The SMILES string of the molecule is CC1C=CC(n2c3ccccc3c3cc(N(c4ccc(-c5cccc(-c6ccc(N(c7ccccc7)c7cc(N(c8ccccc8)c8ccc9c(c8)sc8ccccc89)cc(N(c8ccccc8)c8ccc9c%10ccccc%10n(-c%10ccccc%10)c9c8)c7)cc6)c5)cc4)c4cc(N(c5ccccc5)c5ccccc5)cc(N(c5ccccc5)C5C=CC=CC5)c4)ccc32)=CC1. The summed E-state index contributed by atoms with van der Waals surface area (Å²) < 4.78 is 7.36. The highest BCUT2D eigenvalue weighted by Crippen LogP contribution is 2.52. The lowest BCUT2D eigenvalue weighted by atomic mass is 9.98. The van der Waals surface area contributed by atoms with Crippen LogP contribution in [-0.2, 0) is 0 Å². The van der Waals surface area contributed by atoms with E-state index in [-0.39, 0.29) is 6.04 Å². The van der Waals surface area contributed by atoms with Gasteiger partial charge in [0, 0.05) is 121 Å². The fourth-order valence-corrected chi connectivity index (χ4v) is 20.6. The lowest BCUT2D eigenvalue weighted by Gasteiger charge is -2.36. The highest BCUT2D eigenvalue weighted by atomic mass is 32.1. The lowest BCUT2D eigenvalue weighted by molar-refractivity contribution is 0.735. The second-order valence-corrected chi connectivity index (χ2v) is 34.8. The van der Waals surface area contributed by atoms with Crippen LogP contribution in [0.25, 0.3) is 97.4 Å². The average molecular weight is 1690 g/mol. The third kappa shape index (κ3) is 14.8. The highest BCUT2D eigenvalue weighted by Gasteiger charge is 2.29. The summed E-state index contributed by atoms with van der Waals surface area (Å²) in [6.07, 6.45) is 17.9. The number of anilines is 17. The zero-order valence-corrected chi connectivity index (χ0v) is 72.6. The van der Waals surface area contributed by atoms with Crippen LogP contribution in [0.15, 0.2) is 491 Å². The number of para-hydroxylation sites is 9. The molecular weight excluding hydrogens is 1600 g/mol. The van der Waals surface area contributed by atoms with Crippen molar-refractivity contribution in [1.29, 1.82) is 0 Å². The van der Waals surface area contributed by atoms with Crippen LogP contribution in [-0.4, -0.2) is 15.2 Å². The predicted molar refractivity (Wildman–Crippen MR) is 553 cm³/mol. The molecule has 2 unspecified atom stereocenters. The fourth-order valence-electron chi connectivity index (χ4n) is 19.5. The van der Waals surface area contributed by atoms with E-state index >= 15 is 0 Å². The maximum atomic E-state index is 2.52. The smallest absolute Gasteiger partial charge is 0.0561 e. The van der Waals surface area contributed by atoms with Gasteiger partial charge in [-0.1, -0.05) is 280 Å². The van der Waals surface area contributed by atoms with E-state index in [4.69, 9.17) is 0 Å². The van der Waals surface area contributed by atoms with Gasteiger partial charge in [0.05, 0.1) is 56.5 Å². The minimum absolute atomic E-state index is 0.0413. The van der Waals surface area contributed by atoms with Crippen molar-refractivity contribution in [2.24, 2.45) is 5.92 Å². The van der Waals surface area contributed by atoms with Gasteiger partial charge in [0.25, 0.3) is 0 Å². The summed E-state index contributed by atoms with van der Waals surface area (Å²) in [5.41, 5.74) is 28.9. The minimum Gasteiger partial charge on any atom is -0.334 e. The standard InChI is InChI=1S/C121H90N8S/c1-85-57-63-100(64-58-85)128-117-55-30-27-52-111(117)115-82-101(71-74-118(115)128)127(109-77-104(122(90-35-10-2-11-36-90)91-37-12-3-13-38-91)76-105(78-109)123(92-39-14-4-15-40-92)93-41-16-5-17-42-93)99-67-61-87(62-68-99)89-34-32-33-88(75-89)86-59-65-98(66-60-86)124(94-43-18-6-19-44-94)106-79-107(81-108(80-106)126(96-47-22-8-23-48-96)103-70-73-114-113-53-28-31-56-120(113)130-121(114)84-103)125(95-45-20-7-21-46-95)102-69-72-112-110-51-26-29-54-116(110)129(119(112)83-102)97-49-24-9-25-50-97/h2-41,43-57,59-85,93H,42,58H2,1H3. The van der Waals surface area contributed by atoms with Crippen molar-refractivity contribution in [2.75, 3.05) is 29.4 Å². The molecule has 3 heterocycles. The summed E-state index contributed by atoms with van der Waals surface area (Å²) in [5.74, 6) is 0.482. The molecule has 0 spiro atoms. The van der Waals surface area contributed by atoms with Crippen LogP contribution in [0.2, 0.25) is 0 Å². The number of hydrogen-bond acceptors (Lipinski definition) is 7. The molecule has 0 radical (unpaired) electrons. The predicted octanol–water partition coefficient (Wildman–Crippen LogP) is 34.4. The first kappa shape index (κ1) is 78.3. The maximum Gasteiger partial charge on any atom is 0.0561 e. The van der Waals surface area contributed by atoms with Gasteiger partial charge in [-0.25, -0.2) is 0 Å². The van der Waals surface area contributed by atoms with Crippen molar-refractivity contribution in [3.8, 4) is 27.9 Å². The number of aromatic nitrogens is 2. The van der Waals surface area contributed by atoms with Crippen LogP contribution in [0.3, 0.4) is 0 Å². The molecule has 2 aliphatic rings. The first-order valence-corrected chi connectivity index (χ1v) is 45.7. The molecule has 21 aromatic rings. The molecule has 0 amide bonds. The Balaban J connectivity index is 0.658. The Kier molecular flexibility index (Phi) is 20.6. The fraction of sp³-hybridized carbons (Fsp3) is 0.0413. The molecule has 0 fully saturated rings. The lowest BCUT2D eigenvalue weighted by Crippen LogP contribution is -2.30. The van der Waals surface area contributed by atoms with Crippen molar-refractivity contribution < 1.29 is 0 Å². The van der Waals surface area contributed by atoms with E-state index in [1.807, 2.05) is 11.3 Å². The number of nitrogens with zero attached hydrogens (tertiary/aromatic N) is 8. The van der Waals surface area contributed by atoms with E-state index < -0.39 is 0 Å². The summed E-state index contributed by atoms with van der Waals surface area (Å²) in [7, 11) is 0. The molecule has 0 saturated heterocycles. The van der Waals surface area contributed by atoms with E-state index in [1.165, 1.54) is 58.4 Å². The third-order valence-electron chi connectivity index (χ3n) is 25.5. The van der Waals surface area contributed by atoms with Gasteiger partial charge < -0.3 is 38.5 Å². The number of rotatable bonds is 22. The van der Waals surface area contributed by atoms with Crippen molar-refractivity contribution in [3.63, 3.8) is 0 Å². The molecule has 0 N–H and O–H groups in total. The molecule has 130 heavy (non-hydrogen) atoms. The normalized spacial score (nSPS) is 13.6. The molecule has 18 aromatic carbocycles. The molecular formula is C121H90N8S. The Hall–Kier alpha value is -16.5. The Morgan fingerprint density at radius 1 is 0.238 bits per heavy atom. The van der Waals surface area contributed by atoms with Crippen LogP contribution in [0, 0.1) is 5.92 Å². The number of hydrogen-bond donors (Lipinski definition) is 0. The molecule has 0 bridgehead atoms. The van der Waals surface area contributed by atoms with Gasteiger partial charge in [-0.15, -0.1) is 11.3 Å². The van der Waals surface area contributed by atoms with Gasteiger partial charge in [0.1, 0.15) is 0 Å². The van der Waals surface area contributed by atoms with Gasteiger partial charge in [-0.2, -0.15) is 0 Å². The van der Waals surface area contributed by atoms with E-state index in [1.54, 1.807) is 0 Å². The molecule has 8 nitrogen and oxygen atoms in total. The molecule has 0 saturated carbocycles. The minimum atomic E-state index is 0.0413. The summed E-state index contributed by atoms with van der Waals surface area (Å²) >= 11 is 1.84. The van der Waals surface area contributed by atoms with Crippen LogP contribution >= 0.6 is 11.3 Å². The van der Waals surface area contributed by atoms with Gasteiger partial charge in [-0.05, 0) is 259 Å². The Morgan fingerprint density at radius 3 is 1.12 bits per heavy atom. The van der Waals surface area contributed by atoms with Gasteiger partial charge in [0.15, 0.2) is 0 Å². The average Bonchev–Trinajstić information content (AvgIpc) is 1.62. The number of allylic oxidation sites excluding steroid dienone is 6. The van der Waals surface area contributed by atoms with Gasteiger partial charge in [0.2, 0.25) is 0 Å². The molecule has 620 valence electrons. The first-order valence-electron chi connectivity index (χ1n) is 44.8. The van der Waals surface area contributed by atoms with Crippen LogP contribution in [0.1, 0.15) is 19.8 Å². The first-order chi connectivity index (χ1) is 64.4. The zero-order chi connectivity index (χ0) is 86.4. The summed E-state index contributed by atoms with van der Waals surface area (Å²) in [5, 5.41) is 7.30. The van der Waals surface area contributed by atoms with Crippen molar-refractivity contribution in [2.45, 2.75) is 25.8 Å². The van der Waals surface area contributed by atoms with E-state index in [9.17, 15) is 0 Å². The van der Waals surface area contributed by atoms with Crippen molar-refractivity contribution >= 4 is 178 Å². The summed E-state index contributed by atoms with van der Waals surface area (Å²) in [6, 6.07) is 165. The molecule has 23 rings (SSSR count). The zero-order valence-electron chi connectivity index (χ0n) is 71.8. The van der Waals surface area contributed by atoms with Gasteiger partial charge >= 0.3 is 0 Å². The van der Waals surface area contributed by atoms with E-state index in [0.717, 1.165) is 149 Å². The summed E-state index contributed by atoms with van der Waals surface area (Å²) in [4.78, 5) is 14.7. The molecule has 9 heteroatoms. The molecule has 2 aliphatic carbocycles. The second-order valence-electron chi connectivity index (χ2n) is 33.7. The Labute approximate surface area is 761 Å².